The van der Waals surface area contributed by atoms with Gasteiger partial charge in [-0.05, 0) is 57.7 Å². The highest BCUT2D eigenvalue weighted by Crippen LogP contribution is 2.36. The maximum atomic E-state index is 11.6. The van der Waals surface area contributed by atoms with E-state index in [4.69, 9.17) is 9.47 Å². The Labute approximate surface area is 134 Å². The molecule has 2 rings (SSSR count). The number of hydrogen-bond acceptors (Lipinski definition) is 3. The Hall–Kier alpha value is -1.51. The van der Waals surface area contributed by atoms with Crippen molar-refractivity contribution in [3.05, 3.63) is 29.8 Å². The molecule has 0 radical (unpaired) electrons. The highest BCUT2D eigenvalue weighted by atomic mass is 16.5. The topological polar surface area (TPSA) is 35.5 Å². The highest BCUT2D eigenvalue weighted by molar-refractivity contribution is 5.69. The van der Waals surface area contributed by atoms with E-state index < -0.39 is 0 Å². The van der Waals surface area contributed by atoms with Gasteiger partial charge in [0, 0.05) is 12.3 Å². The first-order chi connectivity index (χ1) is 10.4. The van der Waals surface area contributed by atoms with Gasteiger partial charge in [-0.3, -0.25) is 4.79 Å². The lowest BCUT2D eigenvalue weighted by atomic mass is 9.81. The molecule has 0 bridgehead atoms. The summed E-state index contributed by atoms with van der Waals surface area (Å²) < 4.78 is 11.5. The van der Waals surface area contributed by atoms with Crippen molar-refractivity contribution in [2.45, 2.75) is 77.4 Å². The standard InChI is InChI=1S/C19H28O3/c1-5-18(20)21-17-9-7-6-8-16(17)14-10-12-15(13-11-14)22-19(2,3)4/h10-13,16-17H,5-9H2,1-4H3/t16-,17+/m1/s1. The molecule has 1 aromatic carbocycles. The average Bonchev–Trinajstić information content (AvgIpc) is 2.47. The van der Waals surface area contributed by atoms with Crippen LogP contribution in [0.2, 0.25) is 0 Å². The van der Waals surface area contributed by atoms with E-state index in [1.807, 2.05) is 39.8 Å². The van der Waals surface area contributed by atoms with E-state index in [2.05, 4.69) is 12.1 Å². The molecule has 22 heavy (non-hydrogen) atoms. The molecule has 1 fully saturated rings. The fraction of sp³-hybridized carbons (Fsp3) is 0.632. The third-order valence-electron chi connectivity index (χ3n) is 4.01. The van der Waals surface area contributed by atoms with Crippen LogP contribution in [0.3, 0.4) is 0 Å². The van der Waals surface area contributed by atoms with Crippen LogP contribution in [-0.4, -0.2) is 17.7 Å². The van der Waals surface area contributed by atoms with Crippen molar-refractivity contribution in [1.82, 2.24) is 0 Å². The number of rotatable bonds is 4. The van der Waals surface area contributed by atoms with Gasteiger partial charge in [-0.2, -0.15) is 0 Å². The number of carbonyl (C=O) groups excluding carboxylic acids is 1. The van der Waals surface area contributed by atoms with E-state index in [1.165, 1.54) is 12.0 Å². The summed E-state index contributed by atoms with van der Waals surface area (Å²) >= 11 is 0. The predicted octanol–water partition coefficient (Wildman–Crippen LogP) is 4.84. The fourth-order valence-corrected chi connectivity index (χ4v) is 3.01. The molecule has 1 aromatic rings. The van der Waals surface area contributed by atoms with Crippen LogP contribution in [0.1, 0.15) is 71.3 Å². The van der Waals surface area contributed by atoms with E-state index in [9.17, 15) is 4.79 Å². The van der Waals surface area contributed by atoms with Crippen LogP contribution >= 0.6 is 0 Å². The fourth-order valence-electron chi connectivity index (χ4n) is 3.01. The van der Waals surface area contributed by atoms with Crippen molar-refractivity contribution in [3.63, 3.8) is 0 Å². The van der Waals surface area contributed by atoms with E-state index in [0.717, 1.165) is 25.0 Å². The minimum atomic E-state index is -0.189. The lowest BCUT2D eigenvalue weighted by Crippen LogP contribution is -2.28. The Kier molecular flexibility index (Phi) is 5.49. The smallest absolute Gasteiger partial charge is 0.305 e. The minimum Gasteiger partial charge on any atom is -0.488 e. The normalized spacial score (nSPS) is 22.2. The lowest BCUT2D eigenvalue weighted by Gasteiger charge is -2.31. The molecule has 0 saturated heterocycles. The molecule has 1 aliphatic carbocycles. The van der Waals surface area contributed by atoms with E-state index in [-0.39, 0.29) is 17.7 Å². The van der Waals surface area contributed by atoms with Gasteiger partial charge in [-0.15, -0.1) is 0 Å². The number of carbonyl (C=O) groups is 1. The van der Waals surface area contributed by atoms with Crippen LogP contribution in [0.4, 0.5) is 0 Å². The van der Waals surface area contributed by atoms with Crippen LogP contribution < -0.4 is 4.74 Å². The molecule has 122 valence electrons. The van der Waals surface area contributed by atoms with Crippen molar-refractivity contribution in [1.29, 1.82) is 0 Å². The third kappa shape index (κ3) is 4.75. The summed E-state index contributed by atoms with van der Waals surface area (Å²) in [4.78, 5) is 11.6. The van der Waals surface area contributed by atoms with Crippen LogP contribution in [0.5, 0.6) is 5.75 Å². The quantitative estimate of drug-likeness (QED) is 0.746. The Morgan fingerprint density at radius 1 is 1.14 bits per heavy atom. The maximum Gasteiger partial charge on any atom is 0.305 e. The summed E-state index contributed by atoms with van der Waals surface area (Å²) in [5.41, 5.74) is 1.06. The van der Waals surface area contributed by atoms with Gasteiger partial charge >= 0.3 is 5.97 Å². The van der Waals surface area contributed by atoms with Crippen molar-refractivity contribution in [2.24, 2.45) is 0 Å². The van der Waals surface area contributed by atoms with E-state index in [0.29, 0.717) is 12.3 Å². The molecule has 1 aliphatic rings. The number of esters is 1. The Balaban J connectivity index is 2.09. The van der Waals surface area contributed by atoms with Crippen molar-refractivity contribution < 1.29 is 14.3 Å². The average molecular weight is 304 g/mol. The molecule has 0 amide bonds. The minimum absolute atomic E-state index is 0.0237. The first-order valence-electron chi connectivity index (χ1n) is 8.37. The molecular formula is C19H28O3. The number of ether oxygens (including phenoxy) is 2. The molecule has 0 unspecified atom stereocenters. The molecule has 3 nitrogen and oxygen atoms in total. The van der Waals surface area contributed by atoms with Crippen molar-refractivity contribution >= 4 is 5.97 Å². The molecule has 0 aliphatic heterocycles. The summed E-state index contributed by atoms with van der Waals surface area (Å²) in [5.74, 6) is 1.10. The van der Waals surface area contributed by atoms with Crippen molar-refractivity contribution in [2.75, 3.05) is 0 Å². The molecule has 0 spiro atoms. The van der Waals surface area contributed by atoms with Gasteiger partial charge in [0.15, 0.2) is 0 Å². The van der Waals surface area contributed by atoms with Gasteiger partial charge in [-0.1, -0.05) is 25.5 Å². The maximum absolute atomic E-state index is 11.6. The summed E-state index contributed by atoms with van der Waals surface area (Å²) in [5, 5.41) is 0. The Morgan fingerprint density at radius 3 is 2.36 bits per heavy atom. The lowest BCUT2D eigenvalue weighted by molar-refractivity contribution is -0.151. The Morgan fingerprint density at radius 2 is 1.77 bits per heavy atom. The SMILES string of the molecule is CCC(=O)O[C@H]1CCCC[C@@H]1c1ccc(OC(C)(C)C)cc1. The van der Waals surface area contributed by atoms with Crippen LogP contribution in [0.25, 0.3) is 0 Å². The van der Waals surface area contributed by atoms with Gasteiger partial charge < -0.3 is 9.47 Å². The molecule has 2 atom stereocenters. The van der Waals surface area contributed by atoms with Gasteiger partial charge in [0.05, 0.1) is 0 Å². The van der Waals surface area contributed by atoms with Gasteiger partial charge in [-0.25, -0.2) is 0 Å². The Bertz CT molecular complexity index is 484. The number of benzene rings is 1. The second kappa shape index (κ2) is 7.17. The first-order valence-corrected chi connectivity index (χ1v) is 8.37. The van der Waals surface area contributed by atoms with Gasteiger partial charge in [0.25, 0.3) is 0 Å². The highest BCUT2D eigenvalue weighted by Gasteiger charge is 2.29. The molecule has 0 N–H and O–H groups in total. The summed E-state index contributed by atoms with van der Waals surface area (Å²) in [6.45, 7) is 7.98. The van der Waals surface area contributed by atoms with Gasteiger partial charge in [0.2, 0.25) is 0 Å². The molecule has 1 saturated carbocycles. The predicted molar refractivity (Wildman–Crippen MR) is 88.2 cm³/mol. The monoisotopic (exact) mass is 304 g/mol. The summed E-state index contributed by atoms with van der Waals surface area (Å²) in [7, 11) is 0. The third-order valence-corrected chi connectivity index (χ3v) is 4.01. The number of hydrogen-bond donors (Lipinski definition) is 0. The van der Waals surface area contributed by atoms with Crippen LogP contribution in [0, 0.1) is 0 Å². The zero-order valence-electron chi connectivity index (χ0n) is 14.2. The van der Waals surface area contributed by atoms with E-state index in [1.54, 1.807) is 0 Å². The second-order valence-corrected chi connectivity index (χ2v) is 7.06. The zero-order chi connectivity index (χ0) is 16.2. The van der Waals surface area contributed by atoms with E-state index >= 15 is 0 Å². The summed E-state index contributed by atoms with van der Waals surface area (Å²) in [6, 6.07) is 8.27. The largest absolute Gasteiger partial charge is 0.488 e. The zero-order valence-corrected chi connectivity index (χ0v) is 14.2. The molecule has 3 heteroatoms. The summed E-state index contributed by atoms with van der Waals surface area (Å²) in [6.07, 6.45) is 4.86. The molecule has 0 heterocycles. The molecule has 0 aromatic heterocycles. The first kappa shape index (κ1) is 16.9. The van der Waals surface area contributed by atoms with Gasteiger partial charge in [0.1, 0.15) is 17.5 Å². The second-order valence-electron chi connectivity index (χ2n) is 7.06. The molecular weight excluding hydrogens is 276 g/mol. The van der Waals surface area contributed by atoms with Crippen LogP contribution in [0.15, 0.2) is 24.3 Å². The van der Waals surface area contributed by atoms with Crippen molar-refractivity contribution in [3.8, 4) is 5.75 Å². The van der Waals surface area contributed by atoms with Crippen LogP contribution in [-0.2, 0) is 9.53 Å².